The Kier molecular flexibility index (Phi) is 3.82. The van der Waals surface area contributed by atoms with Crippen LogP contribution in [0.5, 0.6) is 0 Å². The van der Waals surface area contributed by atoms with E-state index in [0.717, 1.165) is 25.7 Å². The smallest absolute Gasteiger partial charge is 0.406 e. The molecule has 1 aliphatic carbocycles. The number of rotatable bonds is 5. The molecular formula is C15H21N3O3. The minimum atomic E-state index is -0.559. The van der Waals surface area contributed by atoms with Crippen LogP contribution in [-0.4, -0.2) is 45.3 Å². The van der Waals surface area contributed by atoms with Crippen LogP contribution >= 0.6 is 0 Å². The zero-order chi connectivity index (χ0) is 14.9. The monoisotopic (exact) mass is 291 g/mol. The Bertz CT molecular complexity index is 670. The lowest BCUT2D eigenvalue weighted by atomic mass is 10.0. The van der Waals surface area contributed by atoms with Crippen molar-refractivity contribution in [1.82, 2.24) is 14.5 Å². The van der Waals surface area contributed by atoms with Crippen LogP contribution in [0.15, 0.2) is 27.5 Å². The first-order chi connectivity index (χ1) is 10.1. The molecule has 21 heavy (non-hydrogen) atoms. The zero-order valence-corrected chi connectivity index (χ0v) is 12.3. The molecule has 0 aliphatic heterocycles. The molecule has 1 saturated carbocycles. The highest BCUT2D eigenvalue weighted by molar-refractivity contribution is 5.67. The SMILES string of the molecule is CN(CCn1c(=O)oc2cccnc21)CC1(O)CCCC1. The van der Waals surface area contributed by atoms with Crippen molar-refractivity contribution in [3.63, 3.8) is 0 Å². The summed E-state index contributed by atoms with van der Waals surface area (Å²) >= 11 is 0. The summed E-state index contributed by atoms with van der Waals surface area (Å²) in [4.78, 5) is 18.1. The van der Waals surface area contributed by atoms with Crippen LogP contribution < -0.4 is 5.76 Å². The van der Waals surface area contributed by atoms with E-state index in [0.29, 0.717) is 30.9 Å². The van der Waals surface area contributed by atoms with E-state index in [1.807, 2.05) is 7.05 Å². The molecular weight excluding hydrogens is 270 g/mol. The molecule has 1 fully saturated rings. The summed E-state index contributed by atoms with van der Waals surface area (Å²) in [6, 6.07) is 3.49. The van der Waals surface area contributed by atoms with E-state index < -0.39 is 5.60 Å². The van der Waals surface area contributed by atoms with Gasteiger partial charge in [-0.15, -0.1) is 0 Å². The Labute approximate surface area is 123 Å². The third kappa shape index (κ3) is 3.01. The van der Waals surface area contributed by atoms with E-state index in [2.05, 4.69) is 9.88 Å². The van der Waals surface area contributed by atoms with Gasteiger partial charge in [0, 0.05) is 25.8 Å². The maximum atomic E-state index is 11.8. The predicted octanol–water partition coefficient (Wildman–Crippen LogP) is 1.23. The van der Waals surface area contributed by atoms with E-state index in [-0.39, 0.29) is 5.76 Å². The molecule has 0 aromatic carbocycles. The highest BCUT2D eigenvalue weighted by Crippen LogP contribution is 2.29. The number of nitrogens with zero attached hydrogens (tertiary/aromatic N) is 3. The first-order valence-electron chi connectivity index (χ1n) is 7.43. The Hall–Kier alpha value is -1.66. The summed E-state index contributed by atoms with van der Waals surface area (Å²) in [7, 11) is 1.97. The maximum Gasteiger partial charge on any atom is 0.421 e. The Morgan fingerprint density at radius 3 is 3.00 bits per heavy atom. The highest BCUT2D eigenvalue weighted by atomic mass is 16.4. The lowest BCUT2D eigenvalue weighted by Crippen LogP contribution is -2.40. The van der Waals surface area contributed by atoms with Crippen LogP contribution in [0.4, 0.5) is 0 Å². The number of aliphatic hydroxyl groups is 1. The van der Waals surface area contributed by atoms with Crippen LogP contribution in [0.3, 0.4) is 0 Å². The molecule has 1 aliphatic rings. The molecule has 0 atom stereocenters. The molecule has 0 spiro atoms. The summed E-state index contributed by atoms with van der Waals surface area (Å²) in [5.74, 6) is -0.378. The third-order valence-electron chi connectivity index (χ3n) is 4.23. The number of likely N-dealkylation sites (N-methyl/N-ethyl adjacent to an activating group) is 1. The molecule has 0 saturated heterocycles. The first-order valence-corrected chi connectivity index (χ1v) is 7.43. The van der Waals surface area contributed by atoms with Gasteiger partial charge in [0.15, 0.2) is 11.2 Å². The van der Waals surface area contributed by atoms with Crippen molar-refractivity contribution in [3.05, 3.63) is 28.9 Å². The minimum absolute atomic E-state index is 0.378. The van der Waals surface area contributed by atoms with Gasteiger partial charge in [0.2, 0.25) is 0 Å². The van der Waals surface area contributed by atoms with Gasteiger partial charge in [0.1, 0.15) is 0 Å². The number of aromatic nitrogens is 2. The summed E-state index contributed by atoms with van der Waals surface area (Å²) in [5.41, 5.74) is 0.534. The van der Waals surface area contributed by atoms with Gasteiger partial charge < -0.3 is 14.4 Å². The number of fused-ring (bicyclic) bond motifs is 1. The number of pyridine rings is 1. The molecule has 114 valence electrons. The van der Waals surface area contributed by atoms with Gasteiger partial charge >= 0.3 is 5.76 Å². The van der Waals surface area contributed by atoms with Crippen molar-refractivity contribution in [2.75, 3.05) is 20.1 Å². The van der Waals surface area contributed by atoms with Crippen LogP contribution in [0.1, 0.15) is 25.7 Å². The summed E-state index contributed by atoms with van der Waals surface area (Å²) in [5, 5.41) is 10.4. The quantitative estimate of drug-likeness (QED) is 0.897. The van der Waals surface area contributed by atoms with Gasteiger partial charge in [0.25, 0.3) is 0 Å². The minimum Gasteiger partial charge on any atom is -0.406 e. The van der Waals surface area contributed by atoms with Gasteiger partial charge in [0.05, 0.1) is 5.60 Å². The fourth-order valence-corrected chi connectivity index (χ4v) is 3.14. The molecule has 0 radical (unpaired) electrons. The maximum absolute atomic E-state index is 11.8. The second-order valence-corrected chi connectivity index (χ2v) is 6.01. The van der Waals surface area contributed by atoms with E-state index >= 15 is 0 Å². The van der Waals surface area contributed by atoms with Gasteiger partial charge in [-0.25, -0.2) is 9.78 Å². The Morgan fingerprint density at radius 1 is 1.48 bits per heavy atom. The van der Waals surface area contributed by atoms with Crippen LogP contribution in [-0.2, 0) is 6.54 Å². The molecule has 6 nitrogen and oxygen atoms in total. The normalized spacial score (nSPS) is 17.9. The topological polar surface area (TPSA) is 71.5 Å². The van der Waals surface area contributed by atoms with E-state index in [1.54, 1.807) is 22.9 Å². The first kappa shape index (κ1) is 14.3. The second-order valence-electron chi connectivity index (χ2n) is 6.01. The van der Waals surface area contributed by atoms with Crippen molar-refractivity contribution in [1.29, 1.82) is 0 Å². The van der Waals surface area contributed by atoms with Crippen LogP contribution in [0, 0.1) is 0 Å². The average molecular weight is 291 g/mol. The van der Waals surface area contributed by atoms with Crippen molar-refractivity contribution in [3.8, 4) is 0 Å². The highest BCUT2D eigenvalue weighted by Gasteiger charge is 2.32. The fourth-order valence-electron chi connectivity index (χ4n) is 3.14. The summed E-state index contributed by atoms with van der Waals surface area (Å²) in [6.45, 7) is 1.83. The molecule has 6 heteroatoms. The van der Waals surface area contributed by atoms with Crippen molar-refractivity contribution < 1.29 is 9.52 Å². The summed E-state index contributed by atoms with van der Waals surface area (Å²) < 4.78 is 6.71. The van der Waals surface area contributed by atoms with E-state index in [1.165, 1.54) is 0 Å². The molecule has 3 rings (SSSR count). The summed E-state index contributed by atoms with van der Waals surface area (Å²) in [6.07, 6.45) is 5.58. The van der Waals surface area contributed by atoms with Crippen molar-refractivity contribution >= 4 is 11.2 Å². The van der Waals surface area contributed by atoms with Crippen LogP contribution in [0.2, 0.25) is 0 Å². The standard InChI is InChI=1S/C15H21N3O3/c1-17(11-15(20)6-2-3-7-15)9-10-18-13-12(21-14(18)19)5-4-8-16-13/h4-5,8,20H,2-3,6-7,9-11H2,1H3. The van der Waals surface area contributed by atoms with Gasteiger partial charge in [-0.2, -0.15) is 0 Å². The van der Waals surface area contributed by atoms with Crippen molar-refractivity contribution in [2.45, 2.75) is 37.8 Å². The Balaban J connectivity index is 1.66. The fraction of sp³-hybridized carbons (Fsp3) is 0.600. The van der Waals surface area contributed by atoms with E-state index in [4.69, 9.17) is 4.42 Å². The van der Waals surface area contributed by atoms with Crippen molar-refractivity contribution in [2.24, 2.45) is 0 Å². The third-order valence-corrected chi connectivity index (χ3v) is 4.23. The lowest BCUT2D eigenvalue weighted by Gasteiger charge is -2.28. The number of hydrogen-bond acceptors (Lipinski definition) is 5. The molecule has 0 amide bonds. The number of oxazole rings is 1. The molecule has 2 aromatic rings. The zero-order valence-electron chi connectivity index (χ0n) is 12.3. The Morgan fingerprint density at radius 2 is 2.24 bits per heavy atom. The number of hydrogen-bond donors (Lipinski definition) is 1. The lowest BCUT2D eigenvalue weighted by molar-refractivity contribution is 0.0157. The molecule has 0 bridgehead atoms. The molecule has 0 unspecified atom stereocenters. The largest absolute Gasteiger partial charge is 0.421 e. The molecule has 1 N–H and O–H groups in total. The average Bonchev–Trinajstić information content (AvgIpc) is 3.00. The van der Waals surface area contributed by atoms with Crippen LogP contribution in [0.25, 0.3) is 11.2 Å². The van der Waals surface area contributed by atoms with E-state index in [9.17, 15) is 9.90 Å². The molecule has 2 heterocycles. The van der Waals surface area contributed by atoms with Gasteiger partial charge in [-0.05, 0) is 32.0 Å². The molecule has 2 aromatic heterocycles. The second kappa shape index (κ2) is 5.61. The van der Waals surface area contributed by atoms with Gasteiger partial charge in [-0.1, -0.05) is 12.8 Å². The predicted molar refractivity (Wildman–Crippen MR) is 79.2 cm³/mol. The van der Waals surface area contributed by atoms with Gasteiger partial charge in [-0.3, -0.25) is 4.57 Å².